The topological polar surface area (TPSA) is 101 Å². The van der Waals surface area contributed by atoms with Gasteiger partial charge in [-0.1, -0.05) is 11.3 Å². The normalized spacial score (nSPS) is 15.8. The molecule has 0 aliphatic carbocycles. The predicted octanol–water partition coefficient (Wildman–Crippen LogP) is 1.75. The van der Waals surface area contributed by atoms with E-state index in [1.54, 1.807) is 12.1 Å². The van der Waals surface area contributed by atoms with Crippen LogP contribution in [-0.2, 0) is 19.6 Å². The van der Waals surface area contributed by atoms with Gasteiger partial charge in [-0.05, 0) is 19.1 Å². The minimum absolute atomic E-state index is 0.186. The Balaban J connectivity index is 1.65. The van der Waals surface area contributed by atoms with E-state index < -0.39 is 10.0 Å². The maximum Gasteiger partial charge on any atom is 0.250 e. The number of carbonyl (C=O) groups is 1. The highest BCUT2D eigenvalue weighted by Gasteiger charge is 2.20. The van der Waals surface area contributed by atoms with E-state index in [1.807, 2.05) is 6.92 Å². The van der Waals surface area contributed by atoms with Gasteiger partial charge in [0.25, 0.3) is 0 Å². The zero-order valence-corrected chi connectivity index (χ0v) is 17.6. The SMILES string of the molecule is CC(=O)Nc1nc(C)c(-c2ccc(S(=O)(=O)NCCN3CCOCC3)s2)s1. The lowest BCUT2D eigenvalue weighted by Crippen LogP contribution is -2.41. The molecule has 3 rings (SSSR count). The Kier molecular flexibility index (Phi) is 6.61. The van der Waals surface area contributed by atoms with Gasteiger partial charge in [0, 0.05) is 38.0 Å². The number of hydrogen-bond donors (Lipinski definition) is 2. The summed E-state index contributed by atoms with van der Waals surface area (Å²) in [4.78, 5) is 19.3. The van der Waals surface area contributed by atoms with E-state index in [-0.39, 0.29) is 10.1 Å². The van der Waals surface area contributed by atoms with Crippen molar-refractivity contribution in [2.75, 3.05) is 44.7 Å². The molecule has 1 fully saturated rings. The first kappa shape index (κ1) is 20.4. The molecule has 11 heteroatoms. The molecule has 0 saturated carbocycles. The summed E-state index contributed by atoms with van der Waals surface area (Å²) in [5.41, 5.74) is 0.759. The number of aryl methyl sites for hydroxylation is 1. The maximum atomic E-state index is 12.5. The van der Waals surface area contributed by atoms with Gasteiger partial charge in [-0.25, -0.2) is 18.1 Å². The summed E-state index contributed by atoms with van der Waals surface area (Å²) in [6, 6.07) is 3.38. The lowest BCUT2D eigenvalue weighted by molar-refractivity contribution is -0.114. The van der Waals surface area contributed by atoms with E-state index in [9.17, 15) is 13.2 Å². The largest absolute Gasteiger partial charge is 0.379 e. The quantitative estimate of drug-likeness (QED) is 0.694. The Morgan fingerprint density at radius 3 is 2.74 bits per heavy atom. The third-order valence-corrected chi connectivity index (χ3v) is 8.26. The number of rotatable bonds is 7. The summed E-state index contributed by atoms with van der Waals surface area (Å²) in [6.07, 6.45) is 0. The van der Waals surface area contributed by atoms with E-state index >= 15 is 0 Å². The van der Waals surface area contributed by atoms with E-state index in [4.69, 9.17) is 4.74 Å². The van der Waals surface area contributed by atoms with Crippen molar-refractivity contribution in [1.29, 1.82) is 0 Å². The van der Waals surface area contributed by atoms with Crippen molar-refractivity contribution in [3.05, 3.63) is 17.8 Å². The van der Waals surface area contributed by atoms with Gasteiger partial charge in [0.2, 0.25) is 15.9 Å². The van der Waals surface area contributed by atoms with Crippen LogP contribution in [0.3, 0.4) is 0 Å². The molecule has 0 atom stereocenters. The monoisotopic (exact) mass is 430 g/mol. The first-order valence-electron chi connectivity index (χ1n) is 8.50. The molecule has 27 heavy (non-hydrogen) atoms. The van der Waals surface area contributed by atoms with E-state index in [1.165, 1.54) is 29.6 Å². The minimum Gasteiger partial charge on any atom is -0.379 e. The molecule has 3 heterocycles. The van der Waals surface area contributed by atoms with Gasteiger partial charge in [-0.3, -0.25) is 9.69 Å². The molecule has 1 aliphatic rings. The number of sulfonamides is 1. The highest BCUT2D eigenvalue weighted by Crippen LogP contribution is 2.38. The molecule has 2 aromatic heterocycles. The summed E-state index contributed by atoms with van der Waals surface area (Å²) in [6.45, 7) is 7.32. The summed E-state index contributed by atoms with van der Waals surface area (Å²) < 4.78 is 33.3. The van der Waals surface area contributed by atoms with Crippen LogP contribution in [0.5, 0.6) is 0 Å². The molecule has 1 saturated heterocycles. The number of carbonyl (C=O) groups excluding carboxylic acids is 1. The Hall–Kier alpha value is -1.37. The van der Waals surface area contributed by atoms with Crippen molar-refractivity contribution in [2.24, 2.45) is 0 Å². The number of morpholine rings is 1. The molecular formula is C16H22N4O4S3. The maximum absolute atomic E-state index is 12.5. The Morgan fingerprint density at radius 2 is 2.04 bits per heavy atom. The lowest BCUT2D eigenvalue weighted by Gasteiger charge is -2.26. The Morgan fingerprint density at radius 1 is 1.30 bits per heavy atom. The highest BCUT2D eigenvalue weighted by molar-refractivity contribution is 7.91. The first-order chi connectivity index (χ1) is 12.8. The van der Waals surface area contributed by atoms with Crippen molar-refractivity contribution < 1.29 is 17.9 Å². The molecule has 0 spiro atoms. The molecule has 148 valence electrons. The smallest absolute Gasteiger partial charge is 0.250 e. The van der Waals surface area contributed by atoms with Gasteiger partial charge < -0.3 is 10.1 Å². The number of nitrogens with zero attached hydrogens (tertiary/aromatic N) is 2. The van der Waals surface area contributed by atoms with E-state index in [2.05, 4.69) is 19.9 Å². The van der Waals surface area contributed by atoms with Gasteiger partial charge in [-0.15, -0.1) is 11.3 Å². The molecule has 0 radical (unpaired) electrons. The van der Waals surface area contributed by atoms with Crippen LogP contribution in [0, 0.1) is 6.92 Å². The number of hydrogen-bond acceptors (Lipinski definition) is 8. The fraction of sp³-hybridized carbons (Fsp3) is 0.500. The molecule has 2 N–H and O–H groups in total. The van der Waals surface area contributed by atoms with Crippen LogP contribution in [0.25, 0.3) is 9.75 Å². The number of ether oxygens (including phenoxy) is 1. The third-order valence-electron chi connectivity index (χ3n) is 3.97. The van der Waals surface area contributed by atoms with Gasteiger partial charge in [0.15, 0.2) is 5.13 Å². The average molecular weight is 431 g/mol. The fourth-order valence-electron chi connectivity index (χ4n) is 2.65. The zero-order valence-electron chi connectivity index (χ0n) is 15.1. The van der Waals surface area contributed by atoms with Crippen LogP contribution in [-0.4, -0.2) is 63.6 Å². The Labute approximate surface area is 166 Å². The number of nitrogens with one attached hydrogen (secondary N) is 2. The second-order valence-corrected chi connectivity index (χ2v) is 10.2. The molecule has 0 unspecified atom stereocenters. The number of anilines is 1. The lowest BCUT2D eigenvalue weighted by atomic mass is 10.3. The van der Waals surface area contributed by atoms with Gasteiger partial charge in [-0.2, -0.15) is 0 Å². The van der Waals surface area contributed by atoms with E-state index in [0.29, 0.717) is 31.4 Å². The standard InChI is InChI=1S/C16H22N4O4S3/c1-11-15(26-16(18-11)19-12(2)21)13-3-4-14(25-13)27(22,23)17-5-6-20-7-9-24-10-8-20/h3-4,17H,5-10H2,1-2H3,(H,18,19,21). The van der Waals surface area contributed by atoms with Crippen molar-refractivity contribution in [3.63, 3.8) is 0 Å². The number of thiazole rings is 1. The molecule has 1 aliphatic heterocycles. The van der Waals surface area contributed by atoms with Crippen LogP contribution >= 0.6 is 22.7 Å². The second kappa shape index (κ2) is 8.76. The fourth-order valence-corrected chi connectivity index (χ4v) is 6.20. The average Bonchev–Trinajstić information content (AvgIpc) is 3.22. The molecule has 0 aromatic carbocycles. The van der Waals surface area contributed by atoms with Crippen molar-refractivity contribution in [1.82, 2.24) is 14.6 Å². The van der Waals surface area contributed by atoms with Crippen LogP contribution in [0.1, 0.15) is 12.6 Å². The molecule has 8 nitrogen and oxygen atoms in total. The van der Waals surface area contributed by atoms with E-state index in [0.717, 1.165) is 28.5 Å². The third kappa shape index (κ3) is 5.33. The number of aromatic nitrogens is 1. The van der Waals surface area contributed by atoms with Gasteiger partial charge in [0.05, 0.1) is 23.8 Å². The zero-order chi connectivity index (χ0) is 19.4. The molecule has 0 bridgehead atoms. The molecule has 1 amide bonds. The highest BCUT2D eigenvalue weighted by atomic mass is 32.2. The summed E-state index contributed by atoms with van der Waals surface area (Å²) in [5.74, 6) is -0.186. The molecular weight excluding hydrogens is 408 g/mol. The first-order valence-corrected chi connectivity index (χ1v) is 11.6. The summed E-state index contributed by atoms with van der Waals surface area (Å²) in [5, 5.41) is 3.17. The van der Waals surface area contributed by atoms with Crippen molar-refractivity contribution in [2.45, 2.75) is 18.1 Å². The second-order valence-electron chi connectivity index (χ2n) is 6.09. The van der Waals surface area contributed by atoms with Crippen LogP contribution in [0.4, 0.5) is 5.13 Å². The van der Waals surface area contributed by atoms with Crippen LogP contribution in [0.15, 0.2) is 16.3 Å². The minimum atomic E-state index is -3.55. The molecule has 2 aromatic rings. The number of thiophene rings is 1. The van der Waals surface area contributed by atoms with Gasteiger partial charge in [0.1, 0.15) is 4.21 Å². The van der Waals surface area contributed by atoms with Crippen LogP contribution < -0.4 is 10.0 Å². The van der Waals surface area contributed by atoms with Crippen molar-refractivity contribution >= 4 is 43.7 Å². The number of amides is 1. The Bertz CT molecular complexity index is 901. The summed E-state index contributed by atoms with van der Waals surface area (Å²) in [7, 11) is -3.55. The van der Waals surface area contributed by atoms with Crippen LogP contribution in [0.2, 0.25) is 0 Å². The summed E-state index contributed by atoms with van der Waals surface area (Å²) >= 11 is 2.53. The van der Waals surface area contributed by atoms with Gasteiger partial charge >= 0.3 is 0 Å². The predicted molar refractivity (Wildman–Crippen MR) is 107 cm³/mol. The van der Waals surface area contributed by atoms with Crippen molar-refractivity contribution in [3.8, 4) is 9.75 Å².